The van der Waals surface area contributed by atoms with Crippen molar-refractivity contribution in [3.8, 4) is 0 Å². The molecule has 3 nitrogen and oxygen atoms in total. The fourth-order valence-corrected chi connectivity index (χ4v) is 1.59. The third kappa shape index (κ3) is 4.98. The van der Waals surface area contributed by atoms with E-state index in [0.29, 0.717) is 19.6 Å². The van der Waals surface area contributed by atoms with Gasteiger partial charge >= 0.3 is 0 Å². The topological polar surface area (TPSA) is 46.5 Å². The molecule has 0 aromatic heterocycles. The maximum Gasteiger partial charge on any atom is 0.128 e. The van der Waals surface area contributed by atoms with E-state index in [-0.39, 0.29) is 0 Å². The first kappa shape index (κ1) is 14.9. The highest BCUT2D eigenvalue weighted by atomic mass is 16.5. The van der Waals surface area contributed by atoms with Crippen molar-refractivity contribution in [3.63, 3.8) is 0 Å². The van der Waals surface area contributed by atoms with Crippen molar-refractivity contribution < 1.29 is 14.6 Å². The van der Waals surface area contributed by atoms with Crippen LogP contribution in [0.15, 0.2) is 30.3 Å². The SMILES string of the molecule is CC(C)(C=O)C(O)CCCOCc1ccccc1. The van der Waals surface area contributed by atoms with Crippen LogP contribution in [0.3, 0.4) is 0 Å². The third-order valence-corrected chi connectivity index (χ3v) is 3.04. The lowest BCUT2D eigenvalue weighted by Crippen LogP contribution is -2.30. The molecule has 1 unspecified atom stereocenters. The summed E-state index contributed by atoms with van der Waals surface area (Å²) < 4.78 is 5.52. The Labute approximate surface area is 109 Å². The summed E-state index contributed by atoms with van der Waals surface area (Å²) in [7, 11) is 0. The molecule has 3 heteroatoms. The van der Waals surface area contributed by atoms with Crippen LogP contribution in [0, 0.1) is 5.41 Å². The molecule has 1 aromatic rings. The van der Waals surface area contributed by atoms with Gasteiger partial charge < -0.3 is 14.6 Å². The Hall–Kier alpha value is -1.19. The molecule has 0 bridgehead atoms. The van der Waals surface area contributed by atoms with E-state index in [1.165, 1.54) is 0 Å². The second-order valence-corrected chi connectivity index (χ2v) is 5.14. The van der Waals surface area contributed by atoms with E-state index < -0.39 is 11.5 Å². The maximum atomic E-state index is 10.8. The molecule has 100 valence electrons. The van der Waals surface area contributed by atoms with E-state index in [1.807, 2.05) is 30.3 Å². The van der Waals surface area contributed by atoms with Gasteiger partial charge in [-0.15, -0.1) is 0 Å². The summed E-state index contributed by atoms with van der Waals surface area (Å²) in [5.74, 6) is 0. The molecule has 1 N–H and O–H groups in total. The predicted molar refractivity (Wildman–Crippen MR) is 71.2 cm³/mol. The Bertz CT molecular complexity index is 346. The van der Waals surface area contributed by atoms with Crippen LogP contribution in [0.25, 0.3) is 0 Å². The van der Waals surface area contributed by atoms with Gasteiger partial charge in [-0.25, -0.2) is 0 Å². The van der Waals surface area contributed by atoms with Gasteiger partial charge in [-0.05, 0) is 18.4 Å². The predicted octanol–water partition coefficient (Wildman–Crippen LogP) is 2.57. The second-order valence-electron chi connectivity index (χ2n) is 5.14. The normalized spacial score (nSPS) is 13.3. The lowest BCUT2D eigenvalue weighted by Gasteiger charge is -2.24. The van der Waals surface area contributed by atoms with Crippen molar-refractivity contribution in [2.75, 3.05) is 6.61 Å². The van der Waals surface area contributed by atoms with E-state index in [1.54, 1.807) is 13.8 Å². The zero-order valence-corrected chi connectivity index (χ0v) is 11.1. The largest absolute Gasteiger partial charge is 0.392 e. The van der Waals surface area contributed by atoms with Gasteiger partial charge in [0.2, 0.25) is 0 Å². The molecule has 0 spiro atoms. The first-order valence-electron chi connectivity index (χ1n) is 6.32. The zero-order valence-electron chi connectivity index (χ0n) is 11.1. The summed E-state index contributed by atoms with van der Waals surface area (Å²) in [5, 5.41) is 9.81. The van der Waals surface area contributed by atoms with Crippen LogP contribution in [0.2, 0.25) is 0 Å². The first-order valence-corrected chi connectivity index (χ1v) is 6.32. The van der Waals surface area contributed by atoms with Gasteiger partial charge in [-0.2, -0.15) is 0 Å². The van der Waals surface area contributed by atoms with Crippen molar-refractivity contribution in [1.82, 2.24) is 0 Å². The van der Waals surface area contributed by atoms with Gasteiger partial charge in [-0.3, -0.25) is 0 Å². The molecule has 1 rings (SSSR count). The van der Waals surface area contributed by atoms with Gasteiger partial charge in [0, 0.05) is 12.0 Å². The van der Waals surface area contributed by atoms with Crippen LogP contribution in [0.5, 0.6) is 0 Å². The summed E-state index contributed by atoms with van der Waals surface area (Å²) >= 11 is 0. The lowest BCUT2D eigenvalue weighted by atomic mass is 9.86. The number of hydrogen-bond acceptors (Lipinski definition) is 3. The number of carbonyl (C=O) groups excluding carboxylic acids is 1. The lowest BCUT2D eigenvalue weighted by molar-refractivity contribution is -0.120. The Kier molecular flexibility index (Phi) is 6.02. The van der Waals surface area contributed by atoms with E-state index in [2.05, 4.69) is 0 Å². The van der Waals surface area contributed by atoms with Crippen molar-refractivity contribution in [1.29, 1.82) is 0 Å². The fourth-order valence-electron chi connectivity index (χ4n) is 1.59. The van der Waals surface area contributed by atoms with Gasteiger partial charge in [-0.1, -0.05) is 44.2 Å². The smallest absolute Gasteiger partial charge is 0.128 e. The number of aliphatic hydroxyl groups excluding tert-OH is 1. The number of aldehydes is 1. The molecule has 0 aliphatic heterocycles. The Morgan fingerprint density at radius 2 is 2.00 bits per heavy atom. The number of ether oxygens (including phenoxy) is 1. The molecule has 0 amide bonds. The van der Waals surface area contributed by atoms with Crippen LogP contribution < -0.4 is 0 Å². The van der Waals surface area contributed by atoms with Gasteiger partial charge in [0.15, 0.2) is 0 Å². The van der Waals surface area contributed by atoms with E-state index in [4.69, 9.17) is 4.74 Å². The molecular weight excluding hydrogens is 228 g/mol. The highest BCUT2D eigenvalue weighted by Gasteiger charge is 2.26. The molecular formula is C15H22O3. The Morgan fingerprint density at radius 3 is 2.61 bits per heavy atom. The zero-order chi connectivity index (χ0) is 13.4. The molecule has 0 aliphatic carbocycles. The molecule has 0 radical (unpaired) electrons. The average Bonchev–Trinajstić information content (AvgIpc) is 2.39. The quantitative estimate of drug-likeness (QED) is 0.570. The number of benzene rings is 1. The Balaban J connectivity index is 2.14. The van der Waals surface area contributed by atoms with Crippen molar-refractivity contribution in [2.45, 2.75) is 39.4 Å². The van der Waals surface area contributed by atoms with Gasteiger partial charge in [0.1, 0.15) is 6.29 Å². The van der Waals surface area contributed by atoms with Crippen molar-refractivity contribution in [2.24, 2.45) is 5.41 Å². The highest BCUT2D eigenvalue weighted by Crippen LogP contribution is 2.20. The molecule has 0 aliphatic rings. The van der Waals surface area contributed by atoms with Crippen LogP contribution >= 0.6 is 0 Å². The number of aliphatic hydroxyl groups is 1. The fraction of sp³-hybridized carbons (Fsp3) is 0.533. The van der Waals surface area contributed by atoms with Crippen LogP contribution in [0.4, 0.5) is 0 Å². The van der Waals surface area contributed by atoms with E-state index in [0.717, 1.165) is 18.3 Å². The van der Waals surface area contributed by atoms with Crippen molar-refractivity contribution in [3.05, 3.63) is 35.9 Å². The summed E-state index contributed by atoms with van der Waals surface area (Å²) in [6, 6.07) is 9.97. The molecule has 0 saturated heterocycles. The molecule has 0 saturated carbocycles. The molecule has 0 fully saturated rings. The summed E-state index contributed by atoms with van der Waals surface area (Å²) in [4.78, 5) is 10.8. The van der Waals surface area contributed by atoms with E-state index >= 15 is 0 Å². The average molecular weight is 250 g/mol. The van der Waals surface area contributed by atoms with Gasteiger partial charge in [0.25, 0.3) is 0 Å². The monoisotopic (exact) mass is 250 g/mol. The maximum absolute atomic E-state index is 10.8. The minimum atomic E-state index is -0.667. The highest BCUT2D eigenvalue weighted by molar-refractivity contribution is 5.58. The molecule has 1 atom stereocenters. The summed E-state index contributed by atoms with van der Waals surface area (Å²) in [6.07, 6.45) is 1.55. The number of hydrogen-bond donors (Lipinski definition) is 1. The standard InChI is InChI=1S/C15H22O3/c1-15(2,12-16)14(17)9-6-10-18-11-13-7-4-3-5-8-13/h3-5,7-8,12,14,17H,6,9-11H2,1-2H3. The molecule has 1 aromatic carbocycles. The molecule has 18 heavy (non-hydrogen) atoms. The van der Waals surface area contributed by atoms with Gasteiger partial charge in [0.05, 0.1) is 12.7 Å². The summed E-state index contributed by atoms with van der Waals surface area (Å²) in [5.41, 5.74) is 0.477. The number of carbonyl (C=O) groups is 1. The van der Waals surface area contributed by atoms with Crippen molar-refractivity contribution >= 4 is 6.29 Å². The van der Waals surface area contributed by atoms with E-state index in [9.17, 15) is 9.90 Å². The summed E-state index contributed by atoms with van der Waals surface area (Å²) in [6.45, 7) is 4.68. The van der Waals surface area contributed by atoms with Crippen LogP contribution in [-0.2, 0) is 16.1 Å². The first-order chi connectivity index (χ1) is 8.56. The Morgan fingerprint density at radius 1 is 1.33 bits per heavy atom. The minimum absolute atomic E-state index is 0.584. The third-order valence-electron chi connectivity index (χ3n) is 3.04. The second kappa shape index (κ2) is 7.29. The molecule has 0 heterocycles. The van der Waals surface area contributed by atoms with Crippen LogP contribution in [0.1, 0.15) is 32.3 Å². The van der Waals surface area contributed by atoms with Crippen LogP contribution in [-0.4, -0.2) is 24.1 Å². The minimum Gasteiger partial charge on any atom is -0.392 e. The number of rotatable bonds is 8.